The Bertz CT molecular complexity index is 1190. The lowest BCUT2D eigenvalue weighted by molar-refractivity contribution is 0.0511. The maximum absolute atomic E-state index is 13.4. The van der Waals surface area contributed by atoms with Crippen molar-refractivity contribution in [2.24, 2.45) is 7.05 Å². The summed E-state index contributed by atoms with van der Waals surface area (Å²) in [7, 11) is 1.98. The molecule has 1 unspecified atom stereocenters. The molecule has 34 heavy (non-hydrogen) atoms. The van der Waals surface area contributed by atoms with E-state index in [4.69, 9.17) is 14.6 Å². The highest BCUT2D eigenvalue weighted by molar-refractivity contribution is 6.06. The molecule has 0 radical (unpaired) electrons. The summed E-state index contributed by atoms with van der Waals surface area (Å²) in [6.07, 6.45) is 3.18. The molecule has 184 valence electrons. The molecule has 3 aromatic rings. The van der Waals surface area contributed by atoms with Crippen molar-refractivity contribution < 1.29 is 19.4 Å². The van der Waals surface area contributed by atoms with Crippen LogP contribution >= 0.6 is 0 Å². The lowest BCUT2D eigenvalue weighted by atomic mass is 9.90. The third-order valence-electron chi connectivity index (χ3n) is 6.98. The van der Waals surface area contributed by atoms with Crippen LogP contribution in [0.15, 0.2) is 12.1 Å². The van der Waals surface area contributed by atoms with E-state index in [1.807, 2.05) is 18.7 Å². The van der Waals surface area contributed by atoms with Gasteiger partial charge in [-0.15, -0.1) is 0 Å². The fourth-order valence-corrected chi connectivity index (χ4v) is 5.33. The molecule has 0 bridgehead atoms. The summed E-state index contributed by atoms with van der Waals surface area (Å²) in [5.74, 6) is -0.283. The molecule has 0 aliphatic carbocycles. The molecule has 1 aliphatic rings. The normalized spacial score (nSPS) is 15.1. The second-order valence-electron chi connectivity index (χ2n) is 9.21. The molecule has 0 amide bonds. The monoisotopic (exact) mass is 467 g/mol. The Hall–Kier alpha value is -2.64. The number of nitrogens with zero attached hydrogens (tertiary/aromatic N) is 3. The quantitative estimate of drug-likeness (QED) is 0.523. The van der Waals surface area contributed by atoms with Crippen molar-refractivity contribution >= 4 is 16.9 Å². The van der Waals surface area contributed by atoms with Gasteiger partial charge < -0.3 is 19.1 Å². The lowest BCUT2D eigenvalue weighted by Crippen LogP contribution is -2.16. The van der Waals surface area contributed by atoms with E-state index in [0.717, 1.165) is 63.8 Å². The van der Waals surface area contributed by atoms with E-state index in [1.54, 1.807) is 0 Å². The van der Waals surface area contributed by atoms with Crippen LogP contribution in [0.25, 0.3) is 22.0 Å². The second kappa shape index (κ2) is 10.3. The number of aryl methyl sites for hydroxylation is 4. The van der Waals surface area contributed by atoms with Crippen molar-refractivity contribution in [3.8, 4) is 11.1 Å². The van der Waals surface area contributed by atoms with Crippen LogP contribution in [0.5, 0.6) is 0 Å². The number of benzene rings is 1. The zero-order valence-electron chi connectivity index (χ0n) is 21.1. The Balaban J connectivity index is 2.16. The first-order chi connectivity index (χ1) is 16.4. The maximum Gasteiger partial charge on any atom is 0.355 e. The van der Waals surface area contributed by atoms with Crippen LogP contribution in [-0.2, 0) is 36.1 Å². The molecule has 0 spiro atoms. The number of ether oxygens (including phenoxy) is 2. The van der Waals surface area contributed by atoms with Crippen molar-refractivity contribution in [3.63, 3.8) is 0 Å². The van der Waals surface area contributed by atoms with Crippen molar-refractivity contribution in [2.75, 3.05) is 19.8 Å². The largest absolute Gasteiger partial charge is 0.461 e. The van der Waals surface area contributed by atoms with Crippen LogP contribution in [0.4, 0.5) is 0 Å². The van der Waals surface area contributed by atoms with Crippen LogP contribution in [0, 0.1) is 6.92 Å². The molecule has 2 aromatic heterocycles. The minimum absolute atomic E-state index is 0.0129. The highest BCUT2D eigenvalue weighted by atomic mass is 16.5. The van der Waals surface area contributed by atoms with Crippen LogP contribution in [0.2, 0.25) is 0 Å². The molecule has 1 N–H and O–H groups in total. The Morgan fingerprint density at radius 3 is 2.76 bits per heavy atom. The smallest absolute Gasteiger partial charge is 0.355 e. The summed E-state index contributed by atoms with van der Waals surface area (Å²) in [4.78, 5) is 13.4. The summed E-state index contributed by atoms with van der Waals surface area (Å²) in [6.45, 7) is 10.4. The minimum atomic E-state index is -0.296. The fraction of sp³-hybridized carbons (Fsp3) is 0.556. The number of hydrogen-bond acceptors (Lipinski definition) is 5. The molecule has 4 rings (SSSR count). The zero-order valence-corrected chi connectivity index (χ0v) is 21.1. The molecule has 3 heterocycles. The summed E-state index contributed by atoms with van der Waals surface area (Å²) in [5, 5.41) is 15.6. The number of fused-ring (bicyclic) bond motifs is 2. The van der Waals surface area contributed by atoms with Gasteiger partial charge >= 0.3 is 5.97 Å². The summed E-state index contributed by atoms with van der Waals surface area (Å²) >= 11 is 0. The van der Waals surface area contributed by atoms with Gasteiger partial charge in [-0.3, -0.25) is 4.68 Å². The molecular weight excluding hydrogens is 430 g/mol. The molecular formula is C27H37N3O4. The Kier molecular flexibility index (Phi) is 7.43. The van der Waals surface area contributed by atoms with E-state index in [2.05, 4.69) is 37.5 Å². The van der Waals surface area contributed by atoms with Crippen molar-refractivity contribution in [1.82, 2.24) is 14.3 Å². The van der Waals surface area contributed by atoms with Crippen molar-refractivity contribution in [2.45, 2.75) is 72.4 Å². The average molecular weight is 468 g/mol. The van der Waals surface area contributed by atoms with E-state index in [9.17, 15) is 9.90 Å². The van der Waals surface area contributed by atoms with E-state index < -0.39 is 0 Å². The molecule has 7 heteroatoms. The third kappa shape index (κ3) is 4.16. The summed E-state index contributed by atoms with van der Waals surface area (Å²) in [5.41, 5.74) is 8.13. The van der Waals surface area contributed by atoms with Gasteiger partial charge in [-0.25, -0.2) is 4.79 Å². The molecule has 0 saturated carbocycles. The lowest BCUT2D eigenvalue weighted by Gasteiger charge is -2.15. The first kappa shape index (κ1) is 24.5. The summed E-state index contributed by atoms with van der Waals surface area (Å²) in [6, 6.07) is 4.28. The number of carbonyl (C=O) groups is 1. The second-order valence-corrected chi connectivity index (χ2v) is 9.21. The van der Waals surface area contributed by atoms with Gasteiger partial charge in [0.15, 0.2) is 0 Å². The number of rotatable bonds is 6. The van der Waals surface area contributed by atoms with Gasteiger partial charge in [0.25, 0.3) is 0 Å². The van der Waals surface area contributed by atoms with Gasteiger partial charge in [0.1, 0.15) is 5.69 Å². The van der Waals surface area contributed by atoms with E-state index >= 15 is 0 Å². The topological polar surface area (TPSA) is 78.5 Å². The number of carbonyl (C=O) groups excluding carboxylic acids is 1. The number of aliphatic hydroxyl groups excluding tert-OH is 1. The van der Waals surface area contributed by atoms with E-state index in [1.165, 1.54) is 0 Å². The molecule has 1 aliphatic heterocycles. The van der Waals surface area contributed by atoms with Gasteiger partial charge in [-0.05, 0) is 56.6 Å². The predicted molar refractivity (Wildman–Crippen MR) is 133 cm³/mol. The van der Waals surface area contributed by atoms with Gasteiger partial charge in [0.05, 0.1) is 30.1 Å². The predicted octanol–water partition coefficient (Wildman–Crippen LogP) is 4.89. The Morgan fingerprint density at radius 2 is 2.06 bits per heavy atom. The maximum atomic E-state index is 13.4. The van der Waals surface area contributed by atoms with Gasteiger partial charge in [0.2, 0.25) is 0 Å². The Labute approximate surface area is 201 Å². The van der Waals surface area contributed by atoms with Gasteiger partial charge in [-0.2, -0.15) is 5.10 Å². The zero-order chi connectivity index (χ0) is 24.4. The first-order valence-corrected chi connectivity index (χ1v) is 12.5. The van der Waals surface area contributed by atoms with E-state index in [-0.39, 0.29) is 18.5 Å². The standard InChI is InChI=1S/C27H37N3O4/c1-6-20-24-21(29(5)28-20)16-33-15-9-8-13-30-25-19(11-10-17(3)23(24)25)22(18(4)12-14-31)26(30)27(32)34-7-2/h10-11,18,31H,6-9,12-16H2,1-5H3. The minimum Gasteiger partial charge on any atom is -0.461 e. The molecule has 7 nitrogen and oxygen atoms in total. The van der Waals surface area contributed by atoms with Crippen molar-refractivity contribution in [3.05, 3.63) is 40.3 Å². The van der Waals surface area contributed by atoms with Crippen LogP contribution in [-0.4, -0.2) is 45.2 Å². The van der Waals surface area contributed by atoms with Gasteiger partial charge in [0, 0.05) is 43.3 Å². The van der Waals surface area contributed by atoms with Crippen molar-refractivity contribution in [1.29, 1.82) is 0 Å². The van der Waals surface area contributed by atoms with E-state index in [0.29, 0.717) is 38.5 Å². The first-order valence-electron chi connectivity index (χ1n) is 12.5. The van der Waals surface area contributed by atoms with Crippen LogP contribution in [0.3, 0.4) is 0 Å². The molecule has 1 aromatic carbocycles. The van der Waals surface area contributed by atoms with Crippen LogP contribution < -0.4 is 0 Å². The average Bonchev–Trinajstić information content (AvgIpc) is 3.29. The molecule has 0 fully saturated rings. The SMILES string of the molecule is CCOC(=O)c1c(C(C)CCO)c2ccc(C)c3c2n1CCCCOCc1c-3c(CC)nn1C. The fourth-order valence-electron chi connectivity index (χ4n) is 5.33. The summed E-state index contributed by atoms with van der Waals surface area (Å²) < 4.78 is 15.8. The molecule has 1 atom stereocenters. The number of esters is 1. The van der Waals surface area contributed by atoms with Crippen LogP contribution in [0.1, 0.15) is 79.0 Å². The molecule has 0 saturated heterocycles. The number of hydrogen-bond donors (Lipinski definition) is 1. The number of aliphatic hydroxyl groups is 1. The highest BCUT2D eigenvalue weighted by Crippen LogP contribution is 2.43. The third-order valence-corrected chi connectivity index (χ3v) is 6.98. The highest BCUT2D eigenvalue weighted by Gasteiger charge is 2.31. The number of aromatic nitrogens is 3. The van der Waals surface area contributed by atoms with Gasteiger partial charge in [-0.1, -0.05) is 26.0 Å². The Morgan fingerprint density at radius 1 is 1.26 bits per heavy atom.